The fourth-order valence-electron chi connectivity index (χ4n) is 2.00. The van der Waals surface area contributed by atoms with Crippen LogP contribution in [0.2, 0.25) is 0 Å². The highest BCUT2D eigenvalue weighted by molar-refractivity contribution is 5.92. The number of aryl methyl sites for hydroxylation is 1. The smallest absolute Gasteiger partial charge is 0.376 e. The summed E-state index contributed by atoms with van der Waals surface area (Å²) in [5, 5.41) is 0.916. The van der Waals surface area contributed by atoms with Crippen LogP contribution >= 0.6 is 0 Å². The van der Waals surface area contributed by atoms with E-state index in [1.165, 1.54) is 0 Å². The van der Waals surface area contributed by atoms with Crippen LogP contribution in [0.5, 0.6) is 0 Å². The number of carbonyl (C=O) groups is 1. The van der Waals surface area contributed by atoms with Crippen molar-refractivity contribution in [2.24, 2.45) is 0 Å². The maximum absolute atomic E-state index is 11.9. The first kappa shape index (κ1) is 13.2. The molecule has 6 heteroatoms. The second kappa shape index (κ2) is 5.32. The minimum absolute atomic E-state index is 0.0321. The minimum Gasteiger partial charge on any atom is -0.460 e. The number of para-hydroxylation sites is 1. The number of hydrogen-bond acceptors (Lipinski definition) is 6. The molecular weight excluding hydrogens is 270 g/mol. The molecule has 0 unspecified atom stereocenters. The van der Waals surface area contributed by atoms with E-state index in [1.54, 1.807) is 20.0 Å². The Hall–Kier alpha value is -2.76. The quantitative estimate of drug-likeness (QED) is 0.688. The van der Waals surface area contributed by atoms with Gasteiger partial charge in [-0.3, -0.25) is 0 Å². The van der Waals surface area contributed by atoms with E-state index in [4.69, 9.17) is 9.15 Å². The number of esters is 1. The standard InChI is InChI=1S/C15H13N3O3/c1-3-20-15(19)13-12(17-9(2)21-13)14-16-8-10-6-4-5-7-11(10)18-14/h4-8H,3H2,1-2H3. The summed E-state index contributed by atoms with van der Waals surface area (Å²) < 4.78 is 10.3. The van der Waals surface area contributed by atoms with Crippen molar-refractivity contribution in [1.82, 2.24) is 15.0 Å². The molecule has 2 heterocycles. The number of ether oxygens (including phenoxy) is 1. The first-order valence-corrected chi connectivity index (χ1v) is 6.55. The molecule has 2 aromatic heterocycles. The lowest BCUT2D eigenvalue weighted by Gasteiger charge is -2.01. The Morgan fingerprint density at radius 1 is 1.29 bits per heavy atom. The molecule has 0 atom stereocenters. The molecule has 1 aromatic carbocycles. The zero-order valence-corrected chi connectivity index (χ0v) is 11.7. The summed E-state index contributed by atoms with van der Waals surface area (Å²) >= 11 is 0. The third kappa shape index (κ3) is 2.47. The summed E-state index contributed by atoms with van der Waals surface area (Å²) in [6.45, 7) is 3.65. The Morgan fingerprint density at radius 3 is 2.90 bits per heavy atom. The predicted molar refractivity (Wildman–Crippen MR) is 75.7 cm³/mol. The number of hydrogen-bond donors (Lipinski definition) is 0. The van der Waals surface area contributed by atoms with E-state index in [2.05, 4.69) is 15.0 Å². The Labute approximate surface area is 120 Å². The molecule has 0 aliphatic carbocycles. The van der Waals surface area contributed by atoms with Crippen molar-refractivity contribution in [3.63, 3.8) is 0 Å². The molecule has 0 N–H and O–H groups in total. The van der Waals surface area contributed by atoms with Crippen LogP contribution in [0.4, 0.5) is 0 Å². The van der Waals surface area contributed by atoms with Crippen LogP contribution < -0.4 is 0 Å². The predicted octanol–water partition coefficient (Wildman–Crippen LogP) is 2.77. The Balaban J connectivity index is 2.11. The van der Waals surface area contributed by atoms with Crippen molar-refractivity contribution < 1.29 is 13.9 Å². The van der Waals surface area contributed by atoms with Crippen molar-refractivity contribution in [2.45, 2.75) is 13.8 Å². The maximum Gasteiger partial charge on any atom is 0.376 e. The fraction of sp³-hybridized carbons (Fsp3) is 0.200. The van der Waals surface area contributed by atoms with Crippen LogP contribution in [-0.2, 0) is 4.74 Å². The lowest BCUT2D eigenvalue weighted by Crippen LogP contribution is -2.06. The average molecular weight is 283 g/mol. The molecule has 0 bridgehead atoms. The van der Waals surface area contributed by atoms with Crippen molar-refractivity contribution in [3.8, 4) is 11.5 Å². The SMILES string of the molecule is CCOC(=O)c1oc(C)nc1-c1ncc2ccccc2n1. The number of benzene rings is 1. The van der Waals surface area contributed by atoms with Crippen LogP contribution in [0.1, 0.15) is 23.4 Å². The first-order valence-electron chi connectivity index (χ1n) is 6.55. The molecule has 0 aliphatic heterocycles. The highest BCUT2D eigenvalue weighted by Crippen LogP contribution is 2.23. The van der Waals surface area contributed by atoms with Crippen LogP contribution in [-0.4, -0.2) is 27.5 Å². The van der Waals surface area contributed by atoms with Gasteiger partial charge in [-0.2, -0.15) is 0 Å². The van der Waals surface area contributed by atoms with E-state index in [9.17, 15) is 4.79 Å². The van der Waals surface area contributed by atoms with E-state index in [0.29, 0.717) is 17.4 Å². The average Bonchev–Trinajstić information content (AvgIpc) is 2.89. The summed E-state index contributed by atoms with van der Waals surface area (Å²) in [6.07, 6.45) is 1.69. The van der Waals surface area contributed by atoms with Gasteiger partial charge in [0.15, 0.2) is 17.4 Å². The largest absolute Gasteiger partial charge is 0.460 e. The van der Waals surface area contributed by atoms with Gasteiger partial charge in [-0.15, -0.1) is 0 Å². The van der Waals surface area contributed by atoms with Gasteiger partial charge in [-0.1, -0.05) is 18.2 Å². The van der Waals surface area contributed by atoms with Crippen molar-refractivity contribution in [1.29, 1.82) is 0 Å². The van der Waals surface area contributed by atoms with Gasteiger partial charge >= 0.3 is 5.97 Å². The van der Waals surface area contributed by atoms with E-state index in [0.717, 1.165) is 10.9 Å². The lowest BCUT2D eigenvalue weighted by atomic mass is 10.2. The van der Waals surface area contributed by atoms with Crippen LogP contribution in [0.25, 0.3) is 22.4 Å². The number of rotatable bonds is 3. The van der Waals surface area contributed by atoms with Gasteiger partial charge in [-0.05, 0) is 13.0 Å². The molecule has 0 radical (unpaired) electrons. The Morgan fingerprint density at radius 2 is 2.10 bits per heavy atom. The third-order valence-corrected chi connectivity index (χ3v) is 2.90. The molecule has 21 heavy (non-hydrogen) atoms. The van der Waals surface area contributed by atoms with Gasteiger partial charge in [0, 0.05) is 18.5 Å². The first-order chi connectivity index (χ1) is 10.2. The van der Waals surface area contributed by atoms with Gasteiger partial charge in [0.2, 0.25) is 5.76 Å². The topological polar surface area (TPSA) is 78.1 Å². The van der Waals surface area contributed by atoms with Gasteiger partial charge in [-0.25, -0.2) is 19.7 Å². The number of oxazole rings is 1. The maximum atomic E-state index is 11.9. The zero-order chi connectivity index (χ0) is 14.8. The van der Waals surface area contributed by atoms with Crippen molar-refractivity contribution in [3.05, 3.63) is 42.1 Å². The van der Waals surface area contributed by atoms with E-state index in [-0.39, 0.29) is 12.4 Å². The van der Waals surface area contributed by atoms with Crippen molar-refractivity contribution in [2.75, 3.05) is 6.61 Å². The Bertz CT molecular complexity index is 811. The molecule has 6 nitrogen and oxygen atoms in total. The number of carbonyl (C=O) groups excluding carboxylic acids is 1. The molecule has 0 fully saturated rings. The van der Waals surface area contributed by atoms with Crippen LogP contribution in [0.3, 0.4) is 0 Å². The molecule has 0 aliphatic rings. The van der Waals surface area contributed by atoms with Gasteiger partial charge in [0.1, 0.15) is 0 Å². The second-order valence-corrected chi connectivity index (χ2v) is 4.38. The molecule has 0 spiro atoms. The zero-order valence-electron chi connectivity index (χ0n) is 11.7. The highest BCUT2D eigenvalue weighted by atomic mass is 16.5. The van der Waals surface area contributed by atoms with Gasteiger partial charge in [0.05, 0.1) is 12.1 Å². The summed E-state index contributed by atoms with van der Waals surface area (Å²) in [7, 11) is 0. The number of nitrogens with zero attached hydrogens (tertiary/aromatic N) is 3. The number of aromatic nitrogens is 3. The molecule has 106 valence electrons. The Kier molecular flexibility index (Phi) is 3.35. The molecule has 3 rings (SSSR count). The summed E-state index contributed by atoms with van der Waals surface area (Å²) in [5.41, 5.74) is 1.08. The van der Waals surface area contributed by atoms with E-state index >= 15 is 0 Å². The lowest BCUT2D eigenvalue weighted by molar-refractivity contribution is 0.0489. The second-order valence-electron chi connectivity index (χ2n) is 4.38. The highest BCUT2D eigenvalue weighted by Gasteiger charge is 2.23. The van der Waals surface area contributed by atoms with Gasteiger partial charge in [0.25, 0.3) is 0 Å². The van der Waals surface area contributed by atoms with Gasteiger partial charge < -0.3 is 9.15 Å². The normalized spacial score (nSPS) is 10.8. The van der Waals surface area contributed by atoms with Crippen molar-refractivity contribution >= 4 is 16.9 Å². The minimum atomic E-state index is -0.565. The molecule has 0 saturated carbocycles. The fourth-order valence-corrected chi connectivity index (χ4v) is 2.00. The third-order valence-electron chi connectivity index (χ3n) is 2.90. The summed E-state index contributed by atoms with van der Waals surface area (Å²) in [4.78, 5) is 24.8. The van der Waals surface area contributed by atoms with E-state index in [1.807, 2.05) is 24.3 Å². The molecule has 3 aromatic rings. The van der Waals surface area contributed by atoms with Crippen LogP contribution in [0, 0.1) is 6.92 Å². The summed E-state index contributed by atoms with van der Waals surface area (Å²) in [6, 6.07) is 7.59. The van der Waals surface area contributed by atoms with Crippen LogP contribution in [0.15, 0.2) is 34.9 Å². The molecular formula is C15H13N3O3. The molecule has 0 amide bonds. The van der Waals surface area contributed by atoms with E-state index < -0.39 is 5.97 Å². The monoisotopic (exact) mass is 283 g/mol. The number of fused-ring (bicyclic) bond motifs is 1. The summed E-state index contributed by atoms with van der Waals surface area (Å²) in [5.74, 6) is 0.174. The molecule has 0 saturated heterocycles.